The number of carbonyl (C=O) groups excluding carboxylic acids is 1. The van der Waals surface area contributed by atoms with Crippen molar-refractivity contribution in [3.05, 3.63) is 33.9 Å². The Labute approximate surface area is 104 Å². The zero-order valence-corrected chi connectivity index (χ0v) is 9.63. The highest BCUT2D eigenvalue weighted by atomic mass is 16.6. The second-order valence-corrected chi connectivity index (χ2v) is 4.14. The number of piperidine rings is 1. The summed E-state index contributed by atoms with van der Waals surface area (Å²) < 4.78 is 0. The van der Waals surface area contributed by atoms with Crippen molar-refractivity contribution in [3.63, 3.8) is 0 Å². The van der Waals surface area contributed by atoms with Gasteiger partial charge >= 0.3 is 0 Å². The molecule has 1 aliphatic rings. The molecule has 0 atom stereocenters. The van der Waals surface area contributed by atoms with E-state index in [1.807, 2.05) is 6.07 Å². The van der Waals surface area contributed by atoms with E-state index in [1.54, 1.807) is 4.90 Å². The summed E-state index contributed by atoms with van der Waals surface area (Å²) in [5, 5.41) is 19.7. The van der Waals surface area contributed by atoms with Gasteiger partial charge in [0.05, 0.1) is 23.1 Å². The molecule has 0 amide bonds. The van der Waals surface area contributed by atoms with Crippen molar-refractivity contribution < 1.29 is 9.72 Å². The van der Waals surface area contributed by atoms with Crippen molar-refractivity contribution in [1.29, 1.82) is 5.26 Å². The van der Waals surface area contributed by atoms with Crippen molar-refractivity contribution in [2.45, 2.75) is 12.8 Å². The van der Waals surface area contributed by atoms with Crippen LogP contribution in [0.4, 0.5) is 11.4 Å². The van der Waals surface area contributed by atoms with E-state index in [1.165, 1.54) is 18.2 Å². The SMILES string of the molecule is N#Cc1ccc(N2CCCC(=O)C2)c([N+](=O)[O-])c1. The van der Waals surface area contributed by atoms with E-state index < -0.39 is 4.92 Å². The summed E-state index contributed by atoms with van der Waals surface area (Å²) in [7, 11) is 0. The van der Waals surface area contributed by atoms with E-state index in [2.05, 4.69) is 0 Å². The largest absolute Gasteiger partial charge is 0.359 e. The Morgan fingerprint density at radius 2 is 2.22 bits per heavy atom. The standard InChI is InChI=1S/C12H11N3O3/c13-7-9-3-4-11(12(6-9)15(17)18)14-5-1-2-10(16)8-14/h3-4,6H,1-2,5,8H2. The van der Waals surface area contributed by atoms with Crippen LogP contribution in [0.5, 0.6) is 0 Å². The number of nitriles is 1. The van der Waals surface area contributed by atoms with Crippen LogP contribution in [0.2, 0.25) is 0 Å². The van der Waals surface area contributed by atoms with Crippen molar-refractivity contribution in [3.8, 4) is 6.07 Å². The molecule has 0 unspecified atom stereocenters. The fraction of sp³-hybridized carbons (Fsp3) is 0.333. The Bertz CT molecular complexity index is 548. The number of carbonyl (C=O) groups is 1. The van der Waals surface area contributed by atoms with Crippen LogP contribution >= 0.6 is 0 Å². The van der Waals surface area contributed by atoms with Gasteiger partial charge < -0.3 is 4.90 Å². The highest BCUT2D eigenvalue weighted by Crippen LogP contribution is 2.30. The summed E-state index contributed by atoms with van der Waals surface area (Å²) in [4.78, 5) is 23.6. The Hall–Kier alpha value is -2.42. The molecule has 6 nitrogen and oxygen atoms in total. The second kappa shape index (κ2) is 4.84. The molecule has 18 heavy (non-hydrogen) atoms. The summed E-state index contributed by atoms with van der Waals surface area (Å²) in [5.74, 6) is 0.0832. The molecule has 1 saturated heterocycles. The fourth-order valence-electron chi connectivity index (χ4n) is 2.05. The zero-order chi connectivity index (χ0) is 13.1. The van der Waals surface area contributed by atoms with E-state index in [4.69, 9.17) is 5.26 Å². The number of nitro benzene ring substituents is 1. The van der Waals surface area contributed by atoms with Crippen LogP contribution in [-0.2, 0) is 4.79 Å². The van der Waals surface area contributed by atoms with Gasteiger partial charge in [0.1, 0.15) is 5.69 Å². The predicted molar refractivity (Wildman–Crippen MR) is 64.3 cm³/mol. The smallest absolute Gasteiger partial charge is 0.293 e. The molecule has 0 saturated carbocycles. The van der Waals surface area contributed by atoms with Crippen molar-refractivity contribution in [1.82, 2.24) is 0 Å². The Balaban J connectivity index is 2.40. The molecule has 0 radical (unpaired) electrons. The van der Waals surface area contributed by atoms with Gasteiger partial charge in [0.2, 0.25) is 0 Å². The van der Waals surface area contributed by atoms with Crippen LogP contribution in [0.15, 0.2) is 18.2 Å². The topological polar surface area (TPSA) is 87.2 Å². The first-order chi connectivity index (χ1) is 8.61. The molecule has 0 aromatic heterocycles. The number of Topliss-reactive ketones (excluding diaryl/α,β-unsaturated/α-hetero) is 1. The predicted octanol–water partition coefficient (Wildman–Crippen LogP) is 1.64. The Morgan fingerprint density at radius 3 is 2.83 bits per heavy atom. The minimum absolute atomic E-state index is 0.0832. The normalized spacial score (nSPS) is 15.3. The number of nitro groups is 1. The molecule has 1 aromatic rings. The molecule has 1 fully saturated rings. The molecule has 1 aromatic carbocycles. The third-order valence-electron chi connectivity index (χ3n) is 2.89. The quantitative estimate of drug-likeness (QED) is 0.583. The summed E-state index contributed by atoms with van der Waals surface area (Å²) in [5.41, 5.74) is 0.532. The van der Waals surface area contributed by atoms with Crippen LogP contribution in [0.25, 0.3) is 0 Å². The maximum atomic E-state index is 11.4. The third kappa shape index (κ3) is 2.30. The summed E-state index contributed by atoms with van der Waals surface area (Å²) in [6, 6.07) is 6.18. The lowest BCUT2D eigenvalue weighted by Gasteiger charge is -2.27. The van der Waals surface area contributed by atoms with E-state index in [9.17, 15) is 14.9 Å². The lowest BCUT2D eigenvalue weighted by atomic mass is 10.1. The molecule has 6 heteroatoms. The van der Waals surface area contributed by atoms with Gasteiger partial charge in [-0.1, -0.05) is 0 Å². The molecular weight excluding hydrogens is 234 g/mol. The van der Waals surface area contributed by atoms with Gasteiger partial charge in [0.15, 0.2) is 5.78 Å². The first kappa shape index (κ1) is 12.0. The van der Waals surface area contributed by atoms with Gasteiger partial charge in [-0.05, 0) is 18.6 Å². The van der Waals surface area contributed by atoms with Crippen molar-refractivity contribution in [2.75, 3.05) is 18.0 Å². The molecule has 0 spiro atoms. The van der Waals surface area contributed by atoms with Gasteiger partial charge in [-0.25, -0.2) is 0 Å². The van der Waals surface area contributed by atoms with E-state index in [-0.39, 0.29) is 23.6 Å². The lowest BCUT2D eigenvalue weighted by molar-refractivity contribution is -0.384. The van der Waals surface area contributed by atoms with E-state index >= 15 is 0 Å². The summed E-state index contributed by atoms with van der Waals surface area (Å²) in [6.07, 6.45) is 1.23. The molecule has 92 valence electrons. The van der Waals surface area contributed by atoms with Gasteiger partial charge in [-0.15, -0.1) is 0 Å². The average molecular weight is 245 g/mol. The molecule has 0 bridgehead atoms. The Morgan fingerprint density at radius 1 is 1.44 bits per heavy atom. The second-order valence-electron chi connectivity index (χ2n) is 4.14. The van der Waals surface area contributed by atoms with Crippen molar-refractivity contribution >= 4 is 17.2 Å². The molecular formula is C12H11N3O3. The number of hydrogen-bond acceptors (Lipinski definition) is 5. The van der Waals surface area contributed by atoms with Gasteiger partial charge in [-0.2, -0.15) is 5.26 Å². The summed E-state index contributed by atoms with van der Waals surface area (Å²) in [6.45, 7) is 0.825. The molecule has 0 aliphatic carbocycles. The van der Waals surface area contributed by atoms with Crippen LogP contribution in [0.3, 0.4) is 0 Å². The Kier molecular flexibility index (Phi) is 3.24. The monoisotopic (exact) mass is 245 g/mol. The van der Waals surface area contributed by atoms with Crippen LogP contribution < -0.4 is 4.90 Å². The number of rotatable bonds is 2. The number of benzene rings is 1. The zero-order valence-electron chi connectivity index (χ0n) is 9.63. The highest BCUT2D eigenvalue weighted by molar-refractivity contribution is 5.85. The van der Waals surface area contributed by atoms with Gasteiger partial charge in [0.25, 0.3) is 5.69 Å². The first-order valence-corrected chi connectivity index (χ1v) is 5.57. The third-order valence-corrected chi connectivity index (χ3v) is 2.89. The average Bonchev–Trinajstić information content (AvgIpc) is 2.38. The summed E-state index contributed by atoms with van der Waals surface area (Å²) >= 11 is 0. The maximum Gasteiger partial charge on any atom is 0.293 e. The minimum atomic E-state index is -0.519. The molecule has 1 aliphatic heterocycles. The van der Waals surface area contributed by atoms with E-state index in [0.717, 1.165) is 0 Å². The number of nitrogens with zero attached hydrogens (tertiary/aromatic N) is 3. The minimum Gasteiger partial charge on any atom is -0.359 e. The maximum absolute atomic E-state index is 11.4. The van der Waals surface area contributed by atoms with Crippen molar-refractivity contribution in [2.24, 2.45) is 0 Å². The van der Waals surface area contributed by atoms with Gasteiger partial charge in [-0.3, -0.25) is 14.9 Å². The van der Waals surface area contributed by atoms with Crippen LogP contribution in [-0.4, -0.2) is 23.8 Å². The first-order valence-electron chi connectivity index (χ1n) is 5.57. The number of anilines is 1. The van der Waals surface area contributed by atoms with E-state index in [0.29, 0.717) is 25.1 Å². The molecule has 0 N–H and O–H groups in total. The fourth-order valence-corrected chi connectivity index (χ4v) is 2.05. The lowest BCUT2D eigenvalue weighted by Crippen LogP contribution is -2.35. The number of ketones is 1. The van der Waals surface area contributed by atoms with Crippen LogP contribution in [0, 0.1) is 21.4 Å². The molecule has 1 heterocycles. The number of hydrogen-bond donors (Lipinski definition) is 0. The molecule has 2 rings (SSSR count). The van der Waals surface area contributed by atoms with Crippen LogP contribution in [0.1, 0.15) is 18.4 Å². The van der Waals surface area contributed by atoms with Gasteiger partial charge in [0, 0.05) is 19.0 Å². The highest BCUT2D eigenvalue weighted by Gasteiger charge is 2.24.